The molecule has 2 aromatic carbocycles. The second-order valence-corrected chi connectivity index (χ2v) is 5.48. The molecule has 4 nitrogen and oxygen atoms in total. The molecule has 4 heteroatoms. The van der Waals surface area contributed by atoms with Crippen molar-refractivity contribution in [3.05, 3.63) is 46.5 Å². The first-order valence-corrected chi connectivity index (χ1v) is 7.11. The Labute approximate surface area is 130 Å². The smallest absolute Gasteiger partial charge is 0.310 e. The summed E-state index contributed by atoms with van der Waals surface area (Å²) in [5.41, 5.74) is 11.4. The highest BCUT2D eigenvalue weighted by molar-refractivity contribution is 5.85. The first kappa shape index (κ1) is 15.9. The maximum absolute atomic E-state index is 11.8. The second-order valence-electron chi connectivity index (χ2n) is 5.48. The first-order valence-electron chi connectivity index (χ1n) is 7.11. The third-order valence-corrected chi connectivity index (χ3v) is 4.03. The summed E-state index contributed by atoms with van der Waals surface area (Å²) in [7, 11) is 1.36. The average Bonchev–Trinajstić information content (AvgIpc) is 2.52. The van der Waals surface area contributed by atoms with Crippen LogP contribution in [0.4, 0.5) is 5.69 Å². The number of aryl methyl sites for hydroxylation is 1. The van der Waals surface area contributed by atoms with Gasteiger partial charge in [0.15, 0.2) is 0 Å². The monoisotopic (exact) mass is 299 g/mol. The Morgan fingerprint density at radius 1 is 1.14 bits per heavy atom. The van der Waals surface area contributed by atoms with E-state index in [9.17, 15) is 9.90 Å². The van der Waals surface area contributed by atoms with E-state index < -0.39 is 0 Å². The van der Waals surface area contributed by atoms with Crippen molar-refractivity contribution in [1.29, 1.82) is 0 Å². The van der Waals surface area contributed by atoms with Crippen molar-refractivity contribution >= 4 is 11.7 Å². The van der Waals surface area contributed by atoms with Gasteiger partial charge in [-0.1, -0.05) is 29.8 Å². The molecule has 0 radical (unpaired) electrons. The SMILES string of the molecule is COC(=O)Cc1c(C)c(N)c(O)c(C)c1-c1ccc(C)cc1. The Kier molecular flexibility index (Phi) is 4.40. The van der Waals surface area contributed by atoms with Crippen LogP contribution in [0.2, 0.25) is 0 Å². The minimum atomic E-state index is -0.332. The molecule has 0 saturated carbocycles. The zero-order valence-corrected chi connectivity index (χ0v) is 13.4. The first-order chi connectivity index (χ1) is 10.4. The van der Waals surface area contributed by atoms with Crippen LogP contribution in [0, 0.1) is 20.8 Å². The van der Waals surface area contributed by atoms with Gasteiger partial charge in [0.05, 0.1) is 19.2 Å². The standard InChI is InChI=1S/C18H21NO3/c1-10-5-7-13(8-6-10)16-12(3)18(21)17(19)11(2)14(16)9-15(20)22-4/h5-8,21H,9,19H2,1-4H3. The van der Waals surface area contributed by atoms with E-state index in [2.05, 4.69) is 0 Å². The van der Waals surface area contributed by atoms with Gasteiger partial charge in [0, 0.05) is 5.56 Å². The molecule has 116 valence electrons. The number of aromatic hydroxyl groups is 1. The lowest BCUT2D eigenvalue weighted by molar-refractivity contribution is -0.139. The van der Waals surface area contributed by atoms with Crippen molar-refractivity contribution in [2.24, 2.45) is 0 Å². The van der Waals surface area contributed by atoms with Crippen LogP contribution in [-0.2, 0) is 16.0 Å². The van der Waals surface area contributed by atoms with Crippen molar-refractivity contribution in [3.8, 4) is 16.9 Å². The van der Waals surface area contributed by atoms with Gasteiger partial charge >= 0.3 is 5.97 Å². The van der Waals surface area contributed by atoms with Crippen LogP contribution in [0.1, 0.15) is 22.3 Å². The van der Waals surface area contributed by atoms with Gasteiger partial charge in [-0.3, -0.25) is 4.79 Å². The van der Waals surface area contributed by atoms with E-state index in [0.29, 0.717) is 16.8 Å². The summed E-state index contributed by atoms with van der Waals surface area (Å²) in [5, 5.41) is 10.3. The summed E-state index contributed by atoms with van der Waals surface area (Å²) in [5.74, 6) is -0.261. The van der Waals surface area contributed by atoms with E-state index >= 15 is 0 Å². The number of carbonyl (C=O) groups is 1. The number of phenolic OH excluding ortho intramolecular Hbond substituents is 1. The second kappa shape index (κ2) is 6.10. The van der Waals surface area contributed by atoms with Crippen molar-refractivity contribution in [3.63, 3.8) is 0 Å². The summed E-state index contributed by atoms with van der Waals surface area (Å²) in [6, 6.07) is 7.96. The zero-order chi connectivity index (χ0) is 16.4. The van der Waals surface area contributed by atoms with Gasteiger partial charge in [-0.25, -0.2) is 0 Å². The number of benzene rings is 2. The molecular weight excluding hydrogens is 278 g/mol. The molecular formula is C18H21NO3. The molecule has 0 amide bonds. The zero-order valence-electron chi connectivity index (χ0n) is 13.4. The molecule has 0 saturated heterocycles. The quantitative estimate of drug-likeness (QED) is 0.518. The summed E-state index contributed by atoms with van der Waals surface area (Å²) in [6.07, 6.45) is 0.122. The predicted octanol–water partition coefficient (Wildman–Crippen LogP) is 3.28. The number of hydrogen-bond acceptors (Lipinski definition) is 4. The number of nitrogens with two attached hydrogens (primary N) is 1. The van der Waals surface area contributed by atoms with E-state index in [1.807, 2.05) is 38.1 Å². The Balaban J connectivity index is 2.74. The van der Waals surface area contributed by atoms with Gasteiger partial charge < -0.3 is 15.6 Å². The third kappa shape index (κ3) is 2.77. The number of phenols is 1. The molecule has 0 heterocycles. The van der Waals surface area contributed by atoms with Crippen LogP contribution in [0.25, 0.3) is 11.1 Å². The number of rotatable bonds is 3. The molecule has 0 bridgehead atoms. The molecule has 0 spiro atoms. The lowest BCUT2D eigenvalue weighted by atomic mass is 9.88. The van der Waals surface area contributed by atoms with E-state index in [1.54, 1.807) is 6.92 Å². The van der Waals surface area contributed by atoms with E-state index in [-0.39, 0.29) is 18.1 Å². The summed E-state index contributed by atoms with van der Waals surface area (Å²) >= 11 is 0. The number of nitrogen functional groups attached to an aromatic ring is 1. The van der Waals surface area contributed by atoms with E-state index in [4.69, 9.17) is 10.5 Å². The number of esters is 1. The molecule has 0 unspecified atom stereocenters. The lowest BCUT2D eigenvalue weighted by Gasteiger charge is -2.19. The summed E-state index contributed by atoms with van der Waals surface area (Å²) in [4.78, 5) is 11.8. The molecule has 22 heavy (non-hydrogen) atoms. The van der Waals surface area contributed by atoms with E-state index in [1.165, 1.54) is 7.11 Å². The van der Waals surface area contributed by atoms with Crippen LogP contribution < -0.4 is 5.73 Å². The molecule has 0 aromatic heterocycles. The highest BCUT2D eigenvalue weighted by atomic mass is 16.5. The van der Waals surface area contributed by atoms with E-state index in [0.717, 1.165) is 22.3 Å². The van der Waals surface area contributed by atoms with Gasteiger partial charge in [-0.15, -0.1) is 0 Å². The fourth-order valence-corrected chi connectivity index (χ4v) is 2.62. The Bertz CT molecular complexity index is 718. The van der Waals surface area contributed by atoms with Crippen molar-refractivity contribution < 1.29 is 14.6 Å². The number of carbonyl (C=O) groups excluding carboxylic acids is 1. The molecule has 2 aromatic rings. The molecule has 3 N–H and O–H groups in total. The van der Waals surface area contributed by atoms with Crippen LogP contribution in [0.5, 0.6) is 5.75 Å². The molecule has 0 atom stereocenters. The maximum Gasteiger partial charge on any atom is 0.310 e. The van der Waals surface area contributed by atoms with Crippen molar-refractivity contribution in [2.75, 3.05) is 12.8 Å². The highest BCUT2D eigenvalue weighted by Crippen LogP contribution is 2.40. The average molecular weight is 299 g/mol. The fraction of sp³-hybridized carbons (Fsp3) is 0.278. The van der Waals surface area contributed by atoms with Crippen molar-refractivity contribution in [1.82, 2.24) is 0 Å². The largest absolute Gasteiger partial charge is 0.505 e. The lowest BCUT2D eigenvalue weighted by Crippen LogP contribution is -2.10. The third-order valence-electron chi connectivity index (χ3n) is 4.03. The molecule has 0 aliphatic heterocycles. The Morgan fingerprint density at radius 3 is 2.27 bits per heavy atom. The van der Waals surface area contributed by atoms with Gasteiger partial charge in [0.25, 0.3) is 0 Å². The normalized spacial score (nSPS) is 10.5. The van der Waals surface area contributed by atoms with Crippen LogP contribution >= 0.6 is 0 Å². The molecule has 0 fully saturated rings. The number of methoxy groups -OCH3 is 1. The fourth-order valence-electron chi connectivity index (χ4n) is 2.62. The van der Waals surface area contributed by atoms with Crippen LogP contribution in [-0.4, -0.2) is 18.2 Å². The topological polar surface area (TPSA) is 72.5 Å². The minimum absolute atomic E-state index is 0.0710. The number of hydrogen-bond donors (Lipinski definition) is 2. The highest BCUT2D eigenvalue weighted by Gasteiger charge is 2.20. The van der Waals surface area contributed by atoms with Crippen LogP contribution in [0.3, 0.4) is 0 Å². The van der Waals surface area contributed by atoms with Gasteiger partial charge in [-0.2, -0.15) is 0 Å². The number of anilines is 1. The summed E-state index contributed by atoms with van der Waals surface area (Å²) < 4.78 is 4.79. The van der Waals surface area contributed by atoms with Gasteiger partial charge in [0.1, 0.15) is 5.75 Å². The predicted molar refractivity (Wildman–Crippen MR) is 87.9 cm³/mol. The Hall–Kier alpha value is -2.49. The van der Waals surface area contributed by atoms with Gasteiger partial charge in [-0.05, 0) is 43.0 Å². The van der Waals surface area contributed by atoms with Gasteiger partial charge in [0.2, 0.25) is 0 Å². The molecule has 0 aliphatic carbocycles. The van der Waals surface area contributed by atoms with Crippen LogP contribution in [0.15, 0.2) is 24.3 Å². The molecule has 2 rings (SSSR count). The minimum Gasteiger partial charge on any atom is -0.505 e. The number of ether oxygens (including phenoxy) is 1. The maximum atomic E-state index is 11.8. The summed E-state index contributed by atoms with van der Waals surface area (Å²) in [6.45, 7) is 5.63. The van der Waals surface area contributed by atoms with Crippen molar-refractivity contribution in [2.45, 2.75) is 27.2 Å². The Morgan fingerprint density at radius 2 is 1.73 bits per heavy atom. The molecule has 0 aliphatic rings.